The standard InChI is InChI=1S/C9H8N4O3/c1-12-5-6(4-10-12)13-3-2-7(14)8(11-13)9(15)16/h2-5H,1H3,(H,15,16)/i1D3. The summed E-state index contributed by atoms with van der Waals surface area (Å²) in [6.07, 6.45) is 3.61. The SMILES string of the molecule is [2H]C([2H])([2H])n1cc(-n2ccc(=O)c(C(=O)O)n2)cn1. The van der Waals surface area contributed by atoms with E-state index in [1.807, 2.05) is 0 Å². The molecule has 0 fully saturated rings. The van der Waals surface area contributed by atoms with Crippen LogP contribution in [0.25, 0.3) is 5.69 Å². The number of aromatic carboxylic acids is 1. The largest absolute Gasteiger partial charge is 0.476 e. The third-order valence-electron chi connectivity index (χ3n) is 1.84. The Bertz CT molecular complexity index is 689. The van der Waals surface area contributed by atoms with Gasteiger partial charge in [-0.15, -0.1) is 0 Å². The van der Waals surface area contributed by atoms with E-state index in [1.165, 1.54) is 18.6 Å². The molecule has 7 nitrogen and oxygen atoms in total. The average Bonchev–Trinajstić information content (AvgIpc) is 2.78. The Labute approximate surface area is 93.8 Å². The summed E-state index contributed by atoms with van der Waals surface area (Å²) in [5.41, 5.74) is -1.14. The molecule has 0 amide bonds. The first-order valence-corrected chi connectivity index (χ1v) is 4.18. The van der Waals surface area contributed by atoms with Gasteiger partial charge in [-0.2, -0.15) is 10.2 Å². The van der Waals surface area contributed by atoms with Crippen LogP contribution in [0, 0.1) is 0 Å². The highest BCUT2D eigenvalue weighted by Crippen LogP contribution is 2.02. The molecule has 0 aliphatic rings. The number of carbonyl (C=O) groups is 1. The summed E-state index contributed by atoms with van der Waals surface area (Å²) in [5.74, 6) is -1.46. The molecule has 2 aromatic rings. The van der Waals surface area contributed by atoms with Crippen LogP contribution < -0.4 is 5.43 Å². The van der Waals surface area contributed by atoms with E-state index in [4.69, 9.17) is 9.22 Å². The van der Waals surface area contributed by atoms with E-state index in [2.05, 4.69) is 10.2 Å². The minimum atomic E-state index is -2.44. The molecule has 0 saturated heterocycles. The molecule has 82 valence electrons. The van der Waals surface area contributed by atoms with Gasteiger partial charge in [0, 0.05) is 23.4 Å². The Kier molecular flexibility index (Phi) is 1.57. The van der Waals surface area contributed by atoms with Gasteiger partial charge in [-0.05, 0) is 0 Å². The molecule has 0 aromatic carbocycles. The molecule has 7 heteroatoms. The van der Waals surface area contributed by atoms with Crippen LogP contribution in [0.2, 0.25) is 0 Å². The first kappa shape index (κ1) is 6.94. The first-order chi connectivity index (χ1) is 8.79. The average molecular weight is 223 g/mol. The van der Waals surface area contributed by atoms with Crippen LogP contribution in [0.1, 0.15) is 14.6 Å². The van der Waals surface area contributed by atoms with Crippen molar-refractivity contribution < 1.29 is 14.0 Å². The molecular formula is C9H8N4O3. The molecule has 0 bridgehead atoms. The summed E-state index contributed by atoms with van der Waals surface area (Å²) in [5, 5.41) is 16.0. The van der Waals surface area contributed by atoms with E-state index >= 15 is 0 Å². The van der Waals surface area contributed by atoms with E-state index in [-0.39, 0.29) is 5.69 Å². The fourth-order valence-electron chi connectivity index (χ4n) is 1.13. The zero-order valence-electron chi connectivity index (χ0n) is 10.9. The summed E-state index contributed by atoms with van der Waals surface area (Å²) < 4.78 is 23.3. The lowest BCUT2D eigenvalue weighted by atomic mass is 10.4. The Morgan fingerprint density at radius 1 is 1.62 bits per heavy atom. The number of hydrogen-bond acceptors (Lipinski definition) is 4. The van der Waals surface area contributed by atoms with Gasteiger partial charge in [-0.3, -0.25) is 9.48 Å². The van der Waals surface area contributed by atoms with Crippen LogP contribution in [0.15, 0.2) is 29.5 Å². The Morgan fingerprint density at radius 3 is 3.06 bits per heavy atom. The maximum Gasteiger partial charge on any atom is 0.360 e. The van der Waals surface area contributed by atoms with Crippen LogP contribution in [0.4, 0.5) is 0 Å². The third-order valence-corrected chi connectivity index (χ3v) is 1.84. The topological polar surface area (TPSA) is 90.0 Å². The van der Waals surface area contributed by atoms with Gasteiger partial charge in [0.05, 0.1) is 12.4 Å². The number of rotatable bonds is 2. The van der Waals surface area contributed by atoms with E-state index in [1.54, 1.807) is 0 Å². The predicted octanol–water partition coefficient (Wildman–Crippen LogP) is -0.336. The Hall–Kier alpha value is -2.44. The maximum atomic E-state index is 11.2. The molecule has 0 aliphatic carbocycles. The molecule has 2 aromatic heterocycles. The summed E-state index contributed by atoms with van der Waals surface area (Å²) in [6.45, 7) is -2.44. The molecular weight excluding hydrogens is 212 g/mol. The molecule has 0 spiro atoms. The molecule has 0 unspecified atom stereocenters. The lowest BCUT2D eigenvalue weighted by Gasteiger charge is -2.01. The highest BCUT2D eigenvalue weighted by Gasteiger charge is 2.11. The number of aromatic nitrogens is 4. The monoisotopic (exact) mass is 223 g/mol. The predicted molar refractivity (Wildman–Crippen MR) is 53.6 cm³/mol. The van der Waals surface area contributed by atoms with Crippen molar-refractivity contribution in [2.75, 3.05) is 0 Å². The normalized spacial score (nSPS) is 13.9. The molecule has 16 heavy (non-hydrogen) atoms. The van der Waals surface area contributed by atoms with E-state index in [0.717, 1.165) is 15.4 Å². The lowest BCUT2D eigenvalue weighted by molar-refractivity contribution is 0.0687. The lowest BCUT2D eigenvalue weighted by Crippen LogP contribution is -2.20. The van der Waals surface area contributed by atoms with E-state index in [9.17, 15) is 9.59 Å². The molecule has 2 heterocycles. The fraction of sp³-hybridized carbons (Fsp3) is 0.111. The molecule has 0 saturated carbocycles. The molecule has 0 aliphatic heterocycles. The molecule has 0 atom stereocenters. The van der Waals surface area contributed by atoms with Gasteiger partial charge in [0.1, 0.15) is 5.69 Å². The summed E-state index contributed by atoms with van der Waals surface area (Å²) in [6, 6.07) is 1.03. The second-order valence-electron chi connectivity index (χ2n) is 2.92. The van der Waals surface area contributed by atoms with Gasteiger partial charge < -0.3 is 5.11 Å². The van der Waals surface area contributed by atoms with Gasteiger partial charge in [0.15, 0.2) is 0 Å². The highest BCUT2D eigenvalue weighted by molar-refractivity contribution is 5.84. The summed E-state index contributed by atoms with van der Waals surface area (Å²) >= 11 is 0. The van der Waals surface area contributed by atoms with Crippen LogP contribution in [0.5, 0.6) is 0 Å². The van der Waals surface area contributed by atoms with Gasteiger partial charge in [0.2, 0.25) is 11.1 Å². The number of carboxylic acid groups (broad SMARTS) is 1. The van der Waals surface area contributed by atoms with E-state index < -0.39 is 24.1 Å². The van der Waals surface area contributed by atoms with Gasteiger partial charge >= 0.3 is 5.97 Å². The van der Waals surface area contributed by atoms with Crippen LogP contribution in [-0.4, -0.2) is 30.6 Å². The van der Waals surface area contributed by atoms with Crippen molar-refractivity contribution in [2.24, 2.45) is 6.98 Å². The zero-order chi connectivity index (χ0) is 14.2. The minimum Gasteiger partial charge on any atom is -0.476 e. The number of nitrogens with zero attached hydrogens (tertiary/aromatic N) is 4. The Morgan fingerprint density at radius 2 is 2.44 bits per heavy atom. The van der Waals surface area contributed by atoms with Crippen molar-refractivity contribution in [1.82, 2.24) is 19.6 Å². The quantitative estimate of drug-likeness (QED) is 0.752. The molecule has 0 radical (unpaired) electrons. The second-order valence-corrected chi connectivity index (χ2v) is 2.92. The zero-order valence-corrected chi connectivity index (χ0v) is 7.86. The summed E-state index contributed by atoms with van der Waals surface area (Å²) in [7, 11) is 0. The van der Waals surface area contributed by atoms with Gasteiger partial charge in [0.25, 0.3) is 0 Å². The first-order valence-electron chi connectivity index (χ1n) is 5.68. The smallest absolute Gasteiger partial charge is 0.360 e. The van der Waals surface area contributed by atoms with Crippen molar-refractivity contribution in [3.63, 3.8) is 0 Å². The van der Waals surface area contributed by atoms with E-state index in [0.29, 0.717) is 0 Å². The fourth-order valence-corrected chi connectivity index (χ4v) is 1.13. The van der Waals surface area contributed by atoms with Crippen LogP contribution >= 0.6 is 0 Å². The van der Waals surface area contributed by atoms with Gasteiger partial charge in [-0.25, -0.2) is 9.48 Å². The molecule has 1 N–H and O–H groups in total. The number of aryl methyl sites for hydroxylation is 1. The van der Waals surface area contributed by atoms with Crippen molar-refractivity contribution in [3.05, 3.63) is 40.6 Å². The highest BCUT2D eigenvalue weighted by atomic mass is 16.4. The third kappa shape index (κ3) is 1.70. The number of carboxylic acids is 1. The van der Waals surface area contributed by atoms with Crippen molar-refractivity contribution in [1.29, 1.82) is 0 Å². The van der Waals surface area contributed by atoms with Crippen LogP contribution in [0.3, 0.4) is 0 Å². The minimum absolute atomic E-state index is 0.235. The van der Waals surface area contributed by atoms with Crippen molar-refractivity contribution >= 4 is 5.97 Å². The molecule has 2 rings (SSSR count). The summed E-state index contributed by atoms with van der Waals surface area (Å²) in [4.78, 5) is 22.0. The number of hydrogen-bond donors (Lipinski definition) is 1. The van der Waals surface area contributed by atoms with Crippen molar-refractivity contribution in [2.45, 2.75) is 0 Å². The second kappa shape index (κ2) is 3.61. The van der Waals surface area contributed by atoms with Gasteiger partial charge in [-0.1, -0.05) is 0 Å². The maximum absolute atomic E-state index is 11.2. The van der Waals surface area contributed by atoms with Crippen LogP contribution in [-0.2, 0) is 6.98 Å². The Balaban J connectivity index is 2.48. The van der Waals surface area contributed by atoms with Crippen molar-refractivity contribution in [3.8, 4) is 5.69 Å².